The zero-order chi connectivity index (χ0) is 24.6. The van der Waals surface area contributed by atoms with Crippen molar-refractivity contribution in [2.45, 2.75) is 20.8 Å². The minimum absolute atomic E-state index is 1.21. The van der Waals surface area contributed by atoms with Crippen LogP contribution in [0.3, 0.4) is 0 Å². The predicted octanol–water partition coefficient (Wildman–Crippen LogP) is 8.57. The monoisotopic (exact) mass is 483 g/mol. The summed E-state index contributed by atoms with van der Waals surface area (Å²) in [5.74, 6) is 0. The highest BCUT2D eigenvalue weighted by molar-refractivity contribution is 7.25. The van der Waals surface area contributed by atoms with Crippen LogP contribution in [0.4, 0.5) is 0 Å². The number of pyridine rings is 1. The van der Waals surface area contributed by atoms with Crippen molar-refractivity contribution in [1.29, 1.82) is 0 Å². The van der Waals surface area contributed by atoms with Gasteiger partial charge in [-0.1, -0.05) is 54.1 Å². The Kier molecular flexibility index (Phi) is 4.61. The van der Waals surface area contributed by atoms with Gasteiger partial charge in [0.2, 0.25) is 5.69 Å². The number of nitrogens with zero attached hydrogens (tertiary/aromatic N) is 2. The van der Waals surface area contributed by atoms with Gasteiger partial charge in [-0.2, -0.15) is 0 Å². The molecule has 0 radical (unpaired) electrons. The maximum absolute atomic E-state index is 2.41. The Morgan fingerprint density at radius 2 is 1.39 bits per heavy atom. The van der Waals surface area contributed by atoms with Crippen molar-refractivity contribution in [3.63, 3.8) is 0 Å². The largest absolute Gasteiger partial charge is 0.309 e. The second kappa shape index (κ2) is 7.78. The van der Waals surface area contributed by atoms with E-state index in [9.17, 15) is 0 Å². The SMILES string of the molecule is Cc1cc(C)c(C)c(-c2c3c(cc[n+]2C)sc2cc(-n4c5ccccc5c5ccccc54)ccc23)c1. The summed E-state index contributed by atoms with van der Waals surface area (Å²) in [6.45, 7) is 6.66. The minimum atomic E-state index is 1.21. The molecule has 0 saturated carbocycles. The fourth-order valence-corrected chi connectivity index (χ4v) is 6.98. The van der Waals surface area contributed by atoms with Gasteiger partial charge in [0, 0.05) is 37.3 Å². The minimum Gasteiger partial charge on any atom is -0.309 e. The summed E-state index contributed by atoms with van der Waals surface area (Å²) in [5, 5.41) is 5.26. The molecule has 2 nitrogen and oxygen atoms in total. The third-order valence-electron chi connectivity index (χ3n) is 7.64. The number of rotatable bonds is 2. The lowest BCUT2D eigenvalue weighted by Crippen LogP contribution is -2.30. The fraction of sp³-hybridized carbons (Fsp3) is 0.121. The van der Waals surface area contributed by atoms with E-state index in [-0.39, 0.29) is 0 Å². The third-order valence-corrected chi connectivity index (χ3v) is 8.76. The Morgan fingerprint density at radius 1 is 0.694 bits per heavy atom. The van der Waals surface area contributed by atoms with Crippen LogP contribution in [-0.2, 0) is 7.05 Å². The van der Waals surface area contributed by atoms with Crippen LogP contribution < -0.4 is 4.57 Å². The third kappa shape index (κ3) is 2.99. The van der Waals surface area contributed by atoms with Crippen LogP contribution in [-0.4, -0.2) is 4.57 Å². The first kappa shape index (κ1) is 21.3. The van der Waals surface area contributed by atoms with E-state index in [1.165, 1.54) is 75.6 Å². The van der Waals surface area contributed by atoms with Crippen LogP contribution in [0.1, 0.15) is 16.7 Å². The van der Waals surface area contributed by atoms with E-state index in [0.717, 1.165) is 0 Å². The van der Waals surface area contributed by atoms with E-state index in [4.69, 9.17) is 0 Å². The second-order valence-electron chi connectivity index (χ2n) is 9.92. The van der Waals surface area contributed by atoms with Gasteiger partial charge in [0.1, 0.15) is 7.05 Å². The van der Waals surface area contributed by atoms with Crippen LogP contribution >= 0.6 is 11.3 Å². The summed E-state index contributed by atoms with van der Waals surface area (Å²) in [5.41, 5.74) is 10.3. The average Bonchev–Trinajstić information content (AvgIpc) is 3.42. The highest BCUT2D eigenvalue weighted by atomic mass is 32.1. The van der Waals surface area contributed by atoms with Crippen LogP contribution in [0.15, 0.2) is 91.1 Å². The van der Waals surface area contributed by atoms with Gasteiger partial charge in [0.05, 0.1) is 22.0 Å². The van der Waals surface area contributed by atoms with Crippen molar-refractivity contribution in [2.75, 3.05) is 0 Å². The fourth-order valence-electron chi connectivity index (χ4n) is 5.85. The molecule has 0 aliphatic heterocycles. The number of thiophene rings is 1. The summed E-state index contributed by atoms with van der Waals surface area (Å²) in [6.07, 6.45) is 2.21. The molecule has 3 heteroatoms. The molecule has 7 rings (SSSR count). The van der Waals surface area contributed by atoms with E-state index in [1.54, 1.807) is 0 Å². The van der Waals surface area contributed by atoms with Gasteiger partial charge in [-0.25, -0.2) is 4.57 Å². The molecule has 36 heavy (non-hydrogen) atoms. The van der Waals surface area contributed by atoms with Crippen LogP contribution in [0.25, 0.3) is 58.9 Å². The van der Waals surface area contributed by atoms with Crippen LogP contribution in [0.5, 0.6) is 0 Å². The maximum Gasteiger partial charge on any atom is 0.221 e. The van der Waals surface area contributed by atoms with Gasteiger partial charge in [-0.3, -0.25) is 0 Å². The van der Waals surface area contributed by atoms with E-state index >= 15 is 0 Å². The second-order valence-corrected chi connectivity index (χ2v) is 11.0. The van der Waals surface area contributed by atoms with Gasteiger partial charge in [-0.05, 0) is 62.2 Å². The smallest absolute Gasteiger partial charge is 0.221 e. The van der Waals surface area contributed by atoms with Crippen molar-refractivity contribution in [1.82, 2.24) is 4.57 Å². The van der Waals surface area contributed by atoms with E-state index < -0.39 is 0 Å². The Hall–Kier alpha value is -3.95. The first-order valence-corrected chi connectivity index (χ1v) is 13.2. The number of benzene rings is 4. The predicted molar refractivity (Wildman–Crippen MR) is 154 cm³/mol. The lowest BCUT2D eigenvalue weighted by molar-refractivity contribution is -0.659. The lowest BCUT2D eigenvalue weighted by atomic mass is 9.95. The summed E-state index contributed by atoms with van der Waals surface area (Å²) >= 11 is 1.89. The van der Waals surface area contributed by atoms with E-state index in [0.29, 0.717) is 0 Å². The first-order valence-electron chi connectivity index (χ1n) is 12.4. The maximum atomic E-state index is 2.41. The number of para-hydroxylation sites is 2. The van der Waals surface area contributed by atoms with Crippen LogP contribution in [0, 0.1) is 20.8 Å². The molecule has 0 saturated heterocycles. The molecule has 0 spiro atoms. The van der Waals surface area contributed by atoms with Gasteiger partial charge in [0.25, 0.3) is 0 Å². The molecule has 4 aromatic carbocycles. The molecule has 0 aliphatic carbocycles. The number of hydrogen-bond donors (Lipinski definition) is 0. The Morgan fingerprint density at radius 3 is 2.11 bits per heavy atom. The molecule has 0 atom stereocenters. The highest BCUT2D eigenvalue weighted by Crippen LogP contribution is 2.41. The zero-order valence-electron chi connectivity index (χ0n) is 21.0. The van der Waals surface area contributed by atoms with Gasteiger partial charge in [-0.15, -0.1) is 11.3 Å². The van der Waals surface area contributed by atoms with Crippen molar-refractivity contribution in [2.24, 2.45) is 7.05 Å². The van der Waals surface area contributed by atoms with Crippen molar-refractivity contribution in [3.05, 3.63) is 108 Å². The standard InChI is InChI=1S/C33H27N2S/c1-20-17-21(2)22(3)27(18-20)33-32-26-14-13-23(19-31(26)36-30(32)15-16-34(33)4)35-28-11-7-5-9-24(28)25-10-6-8-12-29(25)35/h5-19H,1-4H3/q+1. The molecule has 0 bridgehead atoms. The molecule has 0 unspecified atom stereocenters. The summed E-state index contributed by atoms with van der Waals surface area (Å²) in [7, 11) is 2.17. The molecule has 0 N–H and O–H groups in total. The van der Waals surface area contributed by atoms with Gasteiger partial charge in [0.15, 0.2) is 6.20 Å². The van der Waals surface area contributed by atoms with Gasteiger partial charge >= 0.3 is 0 Å². The molecule has 3 heterocycles. The molecule has 0 fully saturated rings. The van der Waals surface area contributed by atoms with Crippen molar-refractivity contribution in [3.8, 4) is 16.9 Å². The number of hydrogen-bond acceptors (Lipinski definition) is 1. The van der Waals surface area contributed by atoms with Crippen molar-refractivity contribution < 1.29 is 4.57 Å². The number of aryl methyl sites for hydroxylation is 3. The van der Waals surface area contributed by atoms with Gasteiger partial charge < -0.3 is 4.57 Å². The molecule has 3 aromatic heterocycles. The summed E-state index contributed by atoms with van der Waals surface area (Å²) < 4.78 is 7.34. The van der Waals surface area contributed by atoms with E-state index in [1.807, 2.05) is 11.3 Å². The summed E-state index contributed by atoms with van der Waals surface area (Å²) in [6, 6.07) is 31.3. The Labute approximate surface area is 214 Å². The number of fused-ring (bicyclic) bond motifs is 6. The molecule has 174 valence electrons. The molecular weight excluding hydrogens is 456 g/mol. The Balaban J connectivity index is 1.53. The Bertz CT molecular complexity index is 1930. The highest BCUT2D eigenvalue weighted by Gasteiger charge is 2.22. The van der Waals surface area contributed by atoms with Crippen LogP contribution in [0.2, 0.25) is 0 Å². The van der Waals surface area contributed by atoms with Crippen molar-refractivity contribution >= 4 is 53.3 Å². The summed E-state index contributed by atoms with van der Waals surface area (Å²) in [4.78, 5) is 0. The molecule has 0 aliphatic rings. The lowest BCUT2D eigenvalue weighted by Gasteiger charge is -2.11. The zero-order valence-corrected chi connectivity index (χ0v) is 21.8. The number of aromatic nitrogens is 2. The average molecular weight is 484 g/mol. The molecule has 0 amide bonds. The molecule has 7 aromatic rings. The quantitative estimate of drug-likeness (QED) is 0.218. The normalized spacial score (nSPS) is 11.9. The first-order chi connectivity index (χ1) is 17.5. The topological polar surface area (TPSA) is 8.81 Å². The van der Waals surface area contributed by atoms with E-state index in [2.05, 4.69) is 128 Å². The molecular formula is C33H27N2S+.